The van der Waals surface area contributed by atoms with E-state index in [1.165, 1.54) is 12.1 Å². The van der Waals surface area contributed by atoms with Gasteiger partial charge in [-0.15, -0.1) is 0 Å². The van der Waals surface area contributed by atoms with Crippen molar-refractivity contribution in [2.24, 2.45) is 0 Å². The maximum atomic E-state index is 13.3. The van der Waals surface area contributed by atoms with E-state index in [0.29, 0.717) is 10.3 Å². The van der Waals surface area contributed by atoms with E-state index in [-0.39, 0.29) is 23.2 Å². The molecular weight excluding hydrogens is 327 g/mol. The Morgan fingerprint density at radius 3 is 2.85 bits per heavy atom. The molecule has 0 unspecified atom stereocenters. The number of carbonyl (C=O) groups excluding carboxylic acids is 1. The summed E-state index contributed by atoms with van der Waals surface area (Å²) in [6, 6.07) is 4.27. The van der Waals surface area contributed by atoms with Gasteiger partial charge in [0.05, 0.1) is 17.4 Å². The summed E-state index contributed by atoms with van der Waals surface area (Å²) in [5, 5.41) is 6.85. The Balaban J connectivity index is 2.29. The highest BCUT2D eigenvalue weighted by atomic mass is 79.9. The monoisotopic (exact) mass is 340 g/mol. The Bertz CT molecular complexity index is 654. The van der Waals surface area contributed by atoms with Gasteiger partial charge in [0.25, 0.3) is 5.91 Å². The largest absolute Gasteiger partial charge is 0.396 e. The quantitative estimate of drug-likeness (QED) is 0.842. The number of nitrogens with two attached hydrogens (primary N) is 1. The highest BCUT2D eigenvalue weighted by molar-refractivity contribution is 9.10. The van der Waals surface area contributed by atoms with E-state index in [1.807, 2.05) is 13.8 Å². The Morgan fingerprint density at radius 1 is 1.50 bits per heavy atom. The van der Waals surface area contributed by atoms with Crippen molar-refractivity contribution in [3.05, 3.63) is 40.2 Å². The molecule has 1 heterocycles. The van der Waals surface area contributed by atoms with Crippen LogP contribution in [0.2, 0.25) is 0 Å². The second-order valence-electron chi connectivity index (χ2n) is 4.56. The van der Waals surface area contributed by atoms with Crippen LogP contribution in [0.4, 0.5) is 15.9 Å². The summed E-state index contributed by atoms with van der Waals surface area (Å²) in [7, 11) is 0. The number of hydrogen-bond acceptors (Lipinski definition) is 3. The lowest BCUT2D eigenvalue weighted by molar-refractivity contribution is 0.102. The highest BCUT2D eigenvalue weighted by Gasteiger charge is 2.15. The first-order valence-corrected chi connectivity index (χ1v) is 6.79. The van der Waals surface area contributed by atoms with E-state index in [0.717, 1.165) is 0 Å². The summed E-state index contributed by atoms with van der Waals surface area (Å²) in [5.74, 6) is -0.383. The van der Waals surface area contributed by atoms with Crippen molar-refractivity contribution in [2.75, 3.05) is 11.1 Å². The third-order valence-electron chi connectivity index (χ3n) is 2.73. The molecule has 2 rings (SSSR count). The topological polar surface area (TPSA) is 72.9 Å². The van der Waals surface area contributed by atoms with E-state index < -0.39 is 5.82 Å². The van der Waals surface area contributed by atoms with Crippen molar-refractivity contribution in [1.29, 1.82) is 0 Å². The lowest BCUT2D eigenvalue weighted by Crippen LogP contribution is -2.17. The average Bonchev–Trinajstić information content (AvgIpc) is 2.81. The minimum absolute atomic E-state index is 0.0734. The number of aromatic nitrogens is 2. The normalized spacial score (nSPS) is 10.8. The molecule has 5 nitrogen and oxygen atoms in total. The van der Waals surface area contributed by atoms with Crippen molar-refractivity contribution < 1.29 is 9.18 Å². The molecule has 0 saturated heterocycles. The van der Waals surface area contributed by atoms with Crippen LogP contribution in [0.25, 0.3) is 0 Å². The van der Waals surface area contributed by atoms with Crippen LogP contribution in [0.5, 0.6) is 0 Å². The fourth-order valence-corrected chi connectivity index (χ4v) is 2.24. The molecule has 1 aromatic carbocycles. The van der Waals surface area contributed by atoms with E-state index in [2.05, 4.69) is 26.3 Å². The van der Waals surface area contributed by atoms with Crippen molar-refractivity contribution in [3.8, 4) is 0 Å². The molecule has 106 valence electrons. The number of nitrogens with one attached hydrogen (secondary N) is 1. The molecule has 0 fully saturated rings. The van der Waals surface area contributed by atoms with Crippen LogP contribution in [0.3, 0.4) is 0 Å². The first kappa shape index (κ1) is 14.5. The molecule has 0 aliphatic rings. The number of benzene rings is 1. The maximum absolute atomic E-state index is 13.3. The minimum Gasteiger partial charge on any atom is -0.396 e. The van der Waals surface area contributed by atoms with Gasteiger partial charge in [0.15, 0.2) is 0 Å². The molecule has 0 atom stereocenters. The molecule has 7 heteroatoms. The molecule has 2 aromatic rings. The van der Waals surface area contributed by atoms with Crippen LogP contribution < -0.4 is 11.1 Å². The molecule has 0 radical (unpaired) electrons. The lowest BCUT2D eigenvalue weighted by atomic mass is 10.2. The van der Waals surface area contributed by atoms with Crippen molar-refractivity contribution in [2.45, 2.75) is 19.9 Å². The van der Waals surface area contributed by atoms with Gasteiger partial charge in [-0.2, -0.15) is 5.10 Å². The first-order chi connectivity index (χ1) is 9.40. The zero-order chi connectivity index (χ0) is 14.9. The van der Waals surface area contributed by atoms with Gasteiger partial charge in [-0.05, 0) is 41.9 Å². The van der Waals surface area contributed by atoms with Gasteiger partial charge in [0.1, 0.15) is 11.6 Å². The minimum atomic E-state index is -0.569. The van der Waals surface area contributed by atoms with E-state index >= 15 is 0 Å². The summed E-state index contributed by atoms with van der Waals surface area (Å²) < 4.78 is 15.3. The predicted octanol–water partition coefficient (Wildman–Crippen LogP) is 3.20. The Kier molecular flexibility index (Phi) is 4.08. The second kappa shape index (κ2) is 5.62. The van der Waals surface area contributed by atoms with Gasteiger partial charge in [-0.3, -0.25) is 4.79 Å². The molecule has 0 bridgehead atoms. The van der Waals surface area contributed by atoms with Gasteiger partial charge in [0, 0.05) is 16.6 Å². The lowest BCUT2D eigenvalue weighted by Gasteiger charge is -2.12. The number of nitrogens with zero attached hydrogens (tertiary/aromatic N) is 2. The fraction of sp³-hybridized carbons (Fsp3) is 0.231. The Labute approximate surface area is 124 Å². The molecule has 0 aliphatic carbocycles. The summed E-state index contributed by atoms with van der Waals surface area (Å²) in [6.45, 7) is 3.91. The average molecular weight is 341 g/mol. The molecule has 0 spiro atoms. The summed E-state index contributed by atoms with van der Waals surface area (Å²) >= 11 is 3.15. The number of amides is 1. The summed E-state index contributed by atoms with van der Waals surface area (Å²) in [5.41, 5.74) is 5.68. The van der Waals surface area contributed by atoms with Crippen LogP contribution in [0.15, 0.2) is 28.9 Å². The van der Waals surface area contributed by atoms with Crippen molar-refractivity contribution >= 4 is 33.3 Å². The maximum Gasteiger partial charge on any atom is 0.258 e. The number of carbonyl (C=O) groups is 1. The van der Waals surface area contributed by atoms with Gasteiger partial charge in [-0.1, -0.05) is 0 Å². The summed E-state index contributed by atoms with van der Waals surface area (Å²) in [6.07, 6.45) is 1.60. The molecular formula is C13H14BrFN4O. The zero-order valence-corrected chi connectivity index (χ0v) is 12.6. The zero-order valence-electron chi connectivity index (χ0n) is 11.0. The smallest absolute Gasteiger partial charge is 0.258 e. The van der Waals surface area contributed by atoms with Crippen LogP contribution >= 0.6 is 15.9 Å². The second-order valence-corrected chi connectivity index (χ2v) is 5.42. The van der Waals surface area contributed by atoms with Gasteiger partial charge in [0.2, 0.25) is 0 Å². The van der Waals surface area contributed by atoms with Crippen LogP contribution in [-0.4, -0.2) is 15.7 Å². The molecule has 3 N–H and O–H groups in total. The van der Waals surface area contributed by atoms with E-state index in [9.17, 15) is 9.18 Å². The number of anilines is 2. The van der Waals surface area contributed by atoms with Gasteiger partial charge >= 0.3 is 0 Å². The fourth-order valence-electron chi connectivity index (χ4n) is 1.75. The number of rotatable bonds is 3. The summed E-state index contributed by atoms with van der Waals surface area (Å²) in [4.78, 5) is 12.2. The highest BCUT2D eigenvalue weighted by Crippen LogP contribution is 2.24. The third kappa shape index (κ3) is 2.82. The van der Waals surface area contributed by atoms with Crippen LogP contribution in [0.1, 0.15) is 30.2 Å². The van der Waals surface area contributed by atoms with Gasteiger partial charge < -0.3 is 11.1 Å². The molecule has 1 amide bonds. The van der Waals surface area contributed by atoms with E-state index in [4.69, 9.17) is 5.73 Å². The Morgan fingerprint density at radius 2 is 2.20 bits per heavy atom. The predicted molar refractivity (Wildman–Crippen MR) is 79.1 cm³/mol. The van der Waals surface area contributed by atoms with Crippen LogP contribution in [-0.2, 0) is 0 Å². The SMILES string of the molecule is CC(C)n1nccc1NC(=O)c1cc(N)c(F)cc1Br. The Hall–Kier alpha value is -1.89. The van der Waals surface area contributed by atoms with Gasteiger partial charge in [-0.25, -0.2) is 9.07 Å². The molecule has 20 heavy (non-hydrogen) atoms. The van der Waals surface area contributed by atoms with Crippen molar-refractivity contribution in [3.63, 3.8) is 0 Å². The standard InChI is InChI=1S/C13H14BrFN4O/c1-7(2)19-12(3-4-17-19)18-13(20)8-5-11(16)10(15)6-9(8)14/h3-7H,16H2,1-2H3,(H,18,20). The van der Waals surface area contributed by atoms with Crippen LogP contribution in [0, 0.1) is 5.82 Å². The molecule has 0 saturated carbocycles. The third-order valence-corrected chi connectivity index (χ3v) is 3.39. The van der Waals surface area contributed by atoms with Crippen molar-refractivity contribution in [1.82, 2.24) is 9.78 Å². The number of hydrogen-bond donors (Lipinski definition) is 2. The number of nitrogen functional groups attached to an aromatic ring is 1. The molecule has 1 aromatic heterocycles. The first-order valence-electron chi connectivity index (χ1n) is 5.99. The number of halogens is 2. The molecule has 0 aliphatic heterocycles. The van der Waals surface area contributed by atoms with E-state index in [1.54, 1.807) is 16.9 Å².